The molecule has 1 rings (SSSR count). The summed E-state index contributed by atoms with van der Waals surface area (Å²) in [7, 11) is 0. The molecule has 0 saturated heterocycles. The Balaban J connectivity index is 2.46. The second-order valence-electron chi connectivity index (χ2n) is 3.95. The second kappa shape index (κ2) is 8.43. The molecule has 0 spiro atoms. The van der Waals surface area contributed by atoms with Crippen LogP contribution in [0.15, 0.2) is 24.3 Å². The SMILES string of the molecule is CCSCCCOc1ccccc1[C@@H](N)CC. The molecule has 0 bridgehead atoms. The molecule has 0 aliphatic heterocycles. The van der Waals surface area contributed by atoms with E-state index in [1.807, 2.05) is 30.0 Å². The van der Waals surface area contributed by atoms with E-state index in [0.29, 0.717) is 0 Å². The van der Waals surface area contributed by atoms with E-state index in [1.54, 1.807) is 0 Å². The van der Waals surface area contributed by atoms with Crippen LogP contribution in [0.3, 0.4) is 0 Å². The summed E-state index contributed by atoms with van der Waals surface area (Å²) in [5.74, 6) is 3.29. The molecule has 1 aromatic carbocycles. The molecule has 96 valence electrons. The zero-order valence-corrected chi connectivity index (χ0v) is 11.6. The Hall–Kier alpha value is -0.670. The first-order valence-electron chi connectivity index (χ1n) is 6.34. The second-order valence-corrected chi connectivity index (χ2v) is 5.35. The molecule has 1 aromatic rings. The summed E-state index contributed by atoms with van der Waals surface area (Å²) in [5, 5.41) is 0. The average molecular weight is 253 g/mol. The number of nitrogens with two attached hydrogens (primary N) is 1. The normalized spacial score (nSPS) is 12.4. The minimum atomic E-state index is 0.0798. The smallest absolute Gasteiger partial charge is 0.124 e. The quantitative estimate of drug-likeness (QED) is 0.719. The molecule has 0 fully saturated rings. The molecule has 0 saturated carbocycles. The van der Waals surface area contributed by atoms with E-state index in [-0.39, 0.29) is 6.04 Å². The van der Waals surface area contributed by atoms with Crippen molar-refractivity contribution < 1.29 is 4.74 Å². The van der Waals surface area contributed by atoms with Gasteiger partial charge in [0.1, 0.15) is 5.75 Å². The van der Waals surface area contributed by atoms with Crippen LogP contribution in [-0.4, -0.2) is 18.1 Å². The number of para-hydroxylation sites is 1. The summed E-state index contributed by atoms with van der Waals surface area (Å²) in [6, 6.07) is 8.17. The minimum Gasteiger partial charge on any atom is -0.493 e. The minimum absolute atomic E-state index is 0.0798. The Labute approximate surface area is 109 Å². The van der Waals surface area contributed by atoms with Crippen LogP contribution < -0.4 is 10.5 Å². The van der Waals surface area contributed by atoms with Gasteiger partial charge in [-0.15, -0.1) is 0 Å². The van der Waals surface area contributed by atoms with Crippen LogP contribution in [0.2, 0.25) is 0 Å². The maximum Gasteiger partial charge on any atom is 0.124 e. The third-order valence-electron chi connectivity index (χ3n) is 2.65. The number of rotatable bonds is 8. The van der Waals surface area contributed by atoms with Crippen molar-refractivity contribution in [3.63, 3.8) is 0 Å². The number of thioether (sulfide) groups is 1. The Kier molecular flexibility index (Phi) is 7.13. The molecule has 0 amide bonds. The maximum absolute atomic E-state index is 6.06. The van der Waals surface area contributed by atoms with Crippen LogP contribution in [0.1, 0.15) is 38.3 Å². The Morgan fingerprint density at radius 1 is 1.29 bits per heavy atom. The lowest BCUT2D eigenvalue weighted by Crippen LogP contribution is -2.11. The van der Waals surface area contributed by atoms with Gasteiger partial charge < -0.3 is 10.5 Å². The number of hydrogen-bond acceptors (Lipinski definition) is 3. The third kappa shape index (κ3) is 5.00. The van der Waals surface area contributed by atoms with Crippen molar-refractivity contribution in [2.75, 3.05) is 18.1 Å². The van der Waals surface area contributed by atoms with E-state index in [4.69, 9.17) is 10.5 Å². The van der Waals surface area contributed by atoms with E-state index in [0.717, 1.165) is 30.8 Å². The summed E-state index contributed by atoms with van der Waals surface area (Å²) in [5.41, 5.74) is 7.19. The summed E-state index contributed by atoms with van der Waals surface area (Å²) >= 11 is 1.95. The monoisotopic (exact) mass is 253 g/mol. The molecule has 0 aliphatic rings. The van der Waals surface area contributed by atoms with Gasteiger partial charge in [-0.1, -0.05) is 32.0 Å². The van der Waals surface area contributed by atoms with E-state index in [2.05, 4.69) is 19.9 Å². The zero-order chi connectivity index (χ0) is 12.5. The van der Waals surface area contributed by atoms with Crippen molar-refractivity contribution in [3.8, 4) is 5.75 Å². The van der Waals surface area contributed by atoms with Gasteiger partial charge in [0.05, 0.1) is 6.61 Å². The van der Waals surface area contributed by atoms with Crippen LogP contribution in [0.4, 0.5) is 0 Å². The van der Waals surface area contributed by atoms with Crippen molar-refractivity contribution >= 4 is 11.8 Å². The van der Waals surface area contributed by atoms with E-state index < -0.39 is 0 Å². The highest BCUT2D eigenvalue weighted by Gasteiger charge is 2.09. The molecule has 2 N–H and O–H groups in total. The van der Waals surface area contributed by atoms with Crippen LogP contribution in [0, 0.1) is 0 Å². The molecule has 0 aromatic heterocycles. The molecular weight excluding hydrogens is 230 g/mol. The number of hydrogen-bond donors (Lipinski definition) is 1. The lowest BCUT2D eigenvalue weighted by molar-refractivity contribution is 0.313. The van der Waals surface area contributed by atoms with Crippen molar-refractivity contribution in [1.82, 2.24) is 0 Å². The van der Waals surface area contributed by atoms with Crippen molar-refractivity contribution in [2.45, 2.75) is 32.7 Å². The first kappa shape index (κ1) is 14.4. The van der Waals surface area contributed by atoms with Crippen LogP contribution >= 0.6 is 11.8 Å². The predicted molar refractivity (Wildman–Crippen MR) is 76.8 cm³/mol. The summed E-state index contributed by atoms with van der Waals surface area (Å²) in [6.45, 7) is 5.06. The lowest BCUT2D eigenvalue weighted by Gasteiger charge is -2.15. The topological polar surface area (TPSA) is 35.2 Å². The van der Waals surface area contributed by atoms with Crippen molar-refractivity contribution in [1.29, 1.82) is 0 Å². The molecule has 0 heterocycles. The fraction of sp³-hybridized carbons (Fsp3) is 0.571. The van der Waals surface area contributed by atoms with E-state index in [9.17, 15) is 0 Å². The molecule has 2 nitrogen and oxygen atoms in total. The Morgan fingerprint density at radius 2 is 2.06 bits per heavy atom. The van der Waals surface area contributed by atoms with Crippen molar-refractivity contribution in [2.24, 2.45) is 5.73 Å². The lowest BCUT2D eigenvalue weighted by atomic mass is 10.0. The fourth-order valence-electron chi connectivity index (χ4n) is 1.63. The first-order chi connectivity index (χ1) is 8.29. The van der Waals surface area contributed by atoms with Crippen LogP contribution in [-0.2, 0) is 0 Å². The van der Waals surface area contributed by atoms with Gasteiger partial charge in [-0.3, -0.25) is 0 Å². The fourth-order valence-corrected chi connectivity index (χ4v) is 2.24. The van der Waals surface area contributed by atoms with E-state index in [1.165, 1.54) is 11.5 Å². The van der Waals surface area contributed by atoms with Gasteiger partial charge in [0.2, 0.25) is 0 Å². The highest BCUT2D eigenvalue weighted by molar-refractivity contribution is 7.99. The Bertz CT molecular complexity index is 317. The summed E-state index contributed by atoms with van der Waals surface area (Å²) < 4.78 is 5.81. The summed E-state index contributed by atoms with van der Waals surface area (Å²) in [6.07, 6.45) is 2.03. The van der Waals surface area contributed by atoms with Crippen LogP contribution in [0.25, 0.3) is 0 Å². The first-order valence-corrected chi connectivity index (χ1v) is 7.50. The van der Waals surface area contributed by atoms with E-state index >= 15 is 0 Å². The molecular formula is C14H23NOS. The molecule has 3 heteroatoms. The highest BCUT2D eigenvalue weighted by atomic mass is 32.2. The predicted octanol–water partition coefficient (Wildman–Crippen LogP) is 3.62. The van der Waals surface area contributed by atoms with Crippen LogP contribution in [0.5, 0.6) is 5.75 Å². The number of ether oxygens (including phenoxy) is 1. The van der Waals surface area contributed by atoms with Gasteiger partial charge in [-0.25, -0.2) is 0 Å². The highest BCUT2D eigenvalue weighted by Crippen LogP contribution is 2.25. The third-order valence-corrected chi connectivity index (χ3v) is 3.64. The van der Waals surface area contributed by atoms with Gasteiger partial charge >= 0.3 is 0 Å². The van der Waals surface area contributed by atoms with Crippen molar-refractivity contribution in [3.05, 3.63) is 29.8 Å². The summed E-state index contributed by atoms with van der Waals surface area (Å²) in [4.78, 5) is 0. The van der Waals surface area contributed by atoms with Gasteiger partial charge in [0, 0.05) is 11.6 Å². The zero-order valence-electron chi connectivity index (χ0n) is 10.8. The Morgan fingerprint density at radius 3 is 2.76 bits per heavy atom. The average Bonchev–Trinajstić information content (AvgIpc) is 2.38. The van der Waals surface area contributed by atoms with Gasteiger partial charge in [-0.05, 0) is 30.4 Å². The van der Waals surface area contributed by atoms with Gasteiger partial charge in [0.25, 0.3) is 0 Å². The maximum atomic E-state index is 6.06. The van der Waals surface area contributed by atoms with Gasteiger partial charge in [0.15, 0.2) is 0 Å². The molecule has 17 heavy (non-hydrogen) atoms. The van der Waals surface area contributed by atoms with Gasteiger partial charge in [-0.2, -0.15) is 11.8 Å². The molecule has 0 radical (unpaired) electrons. The largest absolute Gasteiger partial charge is 0.493 e. The number of benzene rings is 1. The molecule has 0 aliphatic carbocycles. The standard InChI is InChI=1S/C14H23NOS/c1-3-13(15)12-8-5-6-9-14(12)16-10-7-11-17-4-2/h5-6,8-9,13H,3-4,7,10-11,15H2,1-2H3/t13-/m0/s1. The molecule has 0 unspecified atom stereocenters. The molecule has 1 atom stereocenters.